The number of ether oxygens (including phenoxy) is 1. The number of aryl methyl sites for hydroxylation is 1. The van der Waals surface area contributed by atoms with E-state index in [0.717, 1.165) is 53.6 Å². The van der Waals surface area contributed by atoms with Crippen molar-refractivity contribution in [3.8, 4) is 5.75 Å². The van der Waals surface area contributed by atoms with E-state index >= 15 is 0 Å². The summed E-state index contributed by atoms with van der Waals surface area (Å²) in [5.41, 5.74) is 5.03. The Morgan fingerprint density at radius 3 is 2.28 bits per heavy atom. The van der Waals surface area contributed by atoms with Gasteiger partial charge in [-0.15, -0.1) is 0 Å². The smallest absolute Gasteiger partial charge is 0.135 e. The lowest BCUT2D eigenvalue weighted by Crippen LogP contribution is -2.37. The van der Waals surface area contributed by atoms with E-state index in [2.05, 4.69) is 31.2 Å². The van der Waals surface area contributed by atoms with E-state index in [1.165, 1.54) is 5.56 Å². The van der Waals surface area contributed by atoms with Gasteiger partial charge in [0.2, 0.25) is 0 Å². The fraction of sp³-hybridized carbons (Fsp3) is 0.259. The van der Waals surface area contributed by atoms with Gasteiger partial charge < -0.3 is 4.74 Å². The van der Waals surface area contributed by atoms with E-state index in [1.807, 2.05) is 59.7 Å². The van der Waals surface area contributed by atoms with Crippen molar-refractivity contribution in [2.75, 3.05) is 20.3 Å². The SMILES string of the molecule is COc1ccc(N=C(CC(=Nc2ccccc2)N2CCCCO2)c2ccccc2C)cc1. The predicted molar refractivity (Wildman–Crippen MR) is 130 cm³/mol. The first-order valence-electron chi connectivity index (χ1n) is 11.0. The molecule has 3 aromatic carbocycles. The van der Waals surface area contributed by atoms with Gasteiger partial charge in [-0.1, -0.05) is 42.5 Å². The van der Waals surface area contributed by atoms with Crippen LogP contribution in [0.3, 0.4) is 0 Å². The lowest BCUT2D eigenvalue weighted by molar-refractivity contribution is -0.124. The average Bonchev–Trinajstić information content (AvgIpc) is 2.85. The molecule has 0 amide bonds. The number of rotatable bonds is 6. The third kappa shape index (κ3) is 5.62. The number of aliphatic imine (C=N–C) groups is 2. The van der Waals surface area contributed by atoms with Crippen LogP contribution in [0.1, 0.15) is 30.4 Å². The minimum Gasteiger partial charge on any atom is -0.497 e. The highest BCUT2D eigenvalue weighted by atomic mass is 16.7. The quantitative estimate of drug-likeness (QED) is 0.344. The maximum atomic E-state index is 5.99. The van der Waals surface area contributed by atoms with E-state index < -0.39 is 0 Å². The molecule has 1 fully saturated rings. The van der Waals surface area contributed by atoms with Crippen molar-refractivity contribution in [2.24, 2.45) is 9.98 Å². The molecule has 1 aliphatic rings. The molecule has 32 heavy (non-hydrogen) atoms. The molecule has 0 unspecified atom stereocenters. The second-order valence-electron chi connectivity index (χ2n) is 7.75. The second kappa shape index (κ2) is 10.7. The number of para-hydroxylation sites is 1. The normalized spacial score (nSPS) is 15.0. The number of nitrogens with zero attached hydrogens (tertiary/aromatic N) is 3. The van der Waals surface area contributed by atoms with Crippen molar-refractivity contribution < 1.29 is 9.57 Å². The van der Waals surface area contributed by atoms with E-state index in [0.29, 0.717) is 13.0 Å². The molecule has 164 valence electrons. The van der Waals surface area contributed by atoms with Gasteiger partial charge in [0.1, 0.15) is 11.6 Å². The Balaban J connectivity index is 1.75. The fourth-order valence-corrected chi connectivity index (χ4v) is 3.69. The summed E-state index contributed by atoms with van der Waals surface area (Å²) in [7, 11) is 1.67. The molecule has 1 saturated heterocycles. The first-order valence-corrected chi connectivity index (χ1v) is 11.0. The highest BCUT2D eigenvalue weighted by Gasteiger charge is 2.20. The Labute approximate surface area is 190 Å². The summed E-state index contributed by atoms with van der Waals surface area (Å²) in [6, 6.07) is 26.2. The Morgan fingerprint density at radius 2 is 1.59 bits per heavy atom. The van der Waals surface area contributed by atoms with Crippen molar-refractivity contribution in [1.29, 1.82) is 0 Å². The van der Waals surface area contributed by atoms with Gasteiger partial charge in [-0.3, -0.25) is 9.83 Å². The van der Waals surface area contributed by atoms with Crippen LogP contribution in [0.25, 0.3) is 0 Å². The van der Waals surface area contributed by atoms with Crippen molar-refractivity contribution in [2.45, 2.75) is 26.2 Å². The van der Waals surface area contributed by atoms with Gasteiger partial charge in [0, 0.05) is 6.54 Å². The van der Waals surface area contributed by atoms with Crippen molar-refractivity contribution in [3.63, 3.8) is 0 Å². The average molecular weight is 428 g/mol. The molecule has 5 nitrogen and oxygen atoms in total. The molecule has 0 N–H and O–H groups in total. The summed E-state index contributed by atoms with van der Waals surface area (Å²) >= 11 is 0. The van der Waals surface area contributed by atoms with Crippen LogP contribution < -0.4 is 4.74 Å². The maximum Gasteiger partial charge on any atom is 0.135 e. The highest BCUT2D eigenvalue weighted by molar-refractivity contribution is 6.13. The van der Waals surface area contributed by atoms with Gasteiger partial charge in [-0.2, -0.15) is 0 Å². The summed E-state index contributed by atoms with van der Waals surface area (Å²) < 4.78 is 5.30. The van der Waals surface area contributed by atoms with Crippen molar-refractivity contribution in [3.05, 3.63) is 90.0 Å². The Morgan fingerprint density at radius 1 is 0.875 bits per heavy atom. The zero-order valence-corrected chi connectivity index (χ0v) is 18.7. The van der Waals surface area contributed by atoms with Crippen LogP contribution >= 0.6 is 0 Å². The molecule has 1 aliphatic heterocycles. The molecule has 0 aromatic heterocycles. The number of hydroxylamine groups is 2. The van der Waals surface area contributed by atoms with Gasteiger partial charge in [-0.25, -0.2) is 10.1 Å². The van der Waals surface area contributed by atoms with E-state index in [1.54, 1.807) is 7.11 Å². The van der Waals surface area contributed by atoms with E-state index in [4.69, 9.17) is 19.6 Å². The molecule has 0 aliphatic carbocycles. The Bertz CT molecular complexity index is 1070. The number of hydrogen-bond acceptors (Lipinski definition) is 4. The molecular weight excluding hydrogens is 398 g/mol. The summed E-state index contributed by atoms with van der Waals surface area (Å²) in [5.74, 6) is 1.68. The zero-order valence-electron chi connectivity index (χ0n) is 18.7. The topological polar surface area (TPSA) is 46.4 Å². The van der Waals surface area contributed by atoms with Crippen LogP contribution in [0.2, 0.25) is 0 Å². The minimum absolute atomic E-state index is 0.561. The fourth-order valence-electron chi connectivity index (χ4n) is 3.69. The summed E-state index contributed by atoms with van der Waals surface area (Å²) in [5, 5.41) is 1.94. The van der Waals surface area contributed by atoms with Gasteiger partial charge in [-0.05, 0) is 67.3 Å². The molecule has 4 rings (SSSR count). The largest absolute Gasteiger partial charge is 0.497 e. The Kier molecular flexibility index (Phi) is 7.31. The van der Waals surface area contributed by atoms with Crippen LogP contribution in [0.15, 0.2) is 88.8 Å². The molecular formula is C27H29N3O2. The zero-order chi connectivity index (χ0) is 22.2. The minimum atomic E-state index is 0.561. The van der Waals surface area contributed by atoms with Crippen LogP contribution in [0.4, 0.5) is 11.4 Å². The van der Waals surface area contributed by atoms with Gasteiger partial charge in [0.05, 0.1) is 37.2 Å². The van der Waals surface area contributed by atoms with Crippen LogP contribution in [-0.4, -0.2) is 36.9 Å². The van der Waals surface area contributed by atoms with Crippen LogP contribution in [-0.2, 0) is 4.84 Å². The number of methoxy groups -OCH3 is 1. The molecule has 0 atom stereocenters. The molecule has 0 saturated carbocycles. The molecule has 0 bridgehead atoms. The number of benzene rings is 3. The molecule has 3 aromatic rings. The van der Waals surface area contributed by atoms with Crippen molar-refractivity contribution >= 4 is 22.9 Å². The van der Waals surface area contributed by atoms with Crippen LogP contribution in [0.5, 0.6) is 5.75 Å². The third-order valence-electron chi connectivity index (χ3n) is 5.42. The molecule has 1 heterocycles. The number of hydrogen-bond donors (Lipinski definition) is 0. The van der Waals surface area contributed by atoms with Crippen molar-refractivity contribution in [1.82, 2.24) is 5.06 Å². The van der Waals surface area contributed by atoms with Crippen LogP contribution in [0, 0.1) is 6.92 Å². The van der Waals surface area contributed by atoms with E-state index in [-0.39, 0.29) is 0 Å². The summed E-state index contributed by atoms with van der Waals surface area (Å²) in [6.45, 7) is 3.66. The first-order chi connectivity index (χ1) is 15.7. The van der Waals surface area contributed by atoms with E-state index in [9.17, 15) is 0 Å². The number of amidine groups is 1. The first kappa shape index (κ1) is 21.8. The summed E-state index contributed by atoms with van der Waals surface area (Å²) in [6.07, 6.45) is 2.72. The molecule has 5 heteroatoms. The molecule has 0 spiro atoms. The lowest BCUT2D eigenvalue weighted by atomic mass is 10.0. The third-order valence-corrected chi connectivity index (χ3v) is 5.42. The van der Waals surface area contributed by atoms with Gasteiger partial charge >= 0.3 is 0 Å². The lowest BCUT2D eigenvalue weighted by Gasteiger charge is -2.29. The maximum absolute atomic E-state index is 5.99. The second-order valence-corrected chi connectivity index (χ2v) is 7.75. The standard InChI is InChI=1S/C27H29N3O2/c1-21-10-6-7-13-25(21)26(28-23-14-16-24(31-2)17-15-23)20-27(30-18-8-9-19-32-30)29-22-11-4-3-5-12-22/h3-7,10-17H,8-9,18-20H2,1-2H3. The van der Waals surface area contributed by atoms with Gasteiger partial charge in [0.25, 0.3) is 0 Å². The summed E-state index contributed by atoms with van der Waals surface area (Å²) in [4.78, 5) is 16.0. The highest BCUT2D eigenvalue weighted by Crippen LogP contribution is 2.23. The van der Waals surface area contributed by atoms with Gasteiger partial charge in [0.15, 0.2) is 0 Å². The predicted octanol–water partition coefficient (Wildman–Crippen LogP) is 6.27. The Hall–Kier alpha value is -3.44. The monoisotopic (exact) mass is 427 g/mol. The molecule has 0 radical (unpaired) electrons.